The molecule has 0 spiro atoms. The number of benzene rings is 1. The van der Waals surface area contributed by atoms with Crippen molar-refractivity contribution in [1.29, 1.82) is 0 Å². The van der Waals surface area contributed by atoms with Crippen molar-refractivity contribution in [2.24, 2.45) is 7.05 Å². The topological polar surface area (TPSA) is 75.5 Å². The van der Waals surface area contributed by atoms with Gasteiger partial charge in [-0.25, -0.2) is 4.79 Å². The number of aromatic nitrogens is 5. The summed E-state index contributed by atoms with van der Waals surface area (Å²) in [6, 6.07) is 6.10. The maximum absolute atomic E-state index is 13.1. The Bertz CT molecular complexity index is 1340. The Labute approximate surface area is 161 Å². The lowest BCUT2D eigenvalue weighted by molar-refractivity contribution is 0.184. The van der Waals surface area contributed by atoms with E-state index >= 15 is 0 Å². The van der Waals surface area contributed by atoms with Gasteiger partial charge in [-0.2, -0.15) is 4.98 Å². The van der Waals surface area contributed by atoms with E-state index in [0.717, 1.165) is 16.9 Å². The first kappa shape index (κ1) is 18.2. The zero-order valence-corrected chi connectivity index (χ0v) is 16.7. The molecule has 8 heteroatoms. The number of nitrogens with zero attached hydrogens (tertiary/aromatic N) is 5. The van der Waals surface area contributed by atoms with Gasteiger partial charge >= 0.3 is 5.69 Å². The molecule has 0 fully saturated rings. The zero-order chi connectivity index (χ0) is 20.2. The lowest BCUT2D eigenvalue weighted by Crippen LogP contribution is -2.40. The molecular formula is C20H23N5O3. The zero-order valence-electron chi connectivity index (χ0n) is 16.7. The van der Waals surface area contributed by atoms with Gasteiger partial charge in [-0.15, -0.1) is 0 Å². The molecule has 4 rings (SSSR count). The average Bonchev–Trinajstić information content (AvgIpc) is 3.17. The predicted molar refractivity (Wildman–Crippen MR) is 108 cm³/mol. The molecule has 146 valence electrons. The van der Waals surface area contributed by atoms with Gasteiger partial charge in [0, 0.05) is 26.0 Å². The van der Waals surface area contributed by atoms with Crippen LogP contribution in [0.2, 0.25) is 0 Å². The van der Waals surface area contributed by atoms with Crippen molar-refractivity contribution in [1.82, 2.24) is 23.1 Å². The molecule has 0 aliphatic carbocycles. The Balaban J connectivity index is 2.11. The highest BCUT2D eigenvalue weighted by atomic mass is 16.5. The van der Waals surface area contributed by atoms with E-state index in [-0.39, 0.29) is 18.7 Å². The first-order valence-electron chi connectivity index (χ1n) is 9.12. The fourth-order valence-electron chi connectivity index (χ4n) is 3.67. The number of methoxy groups -OCH3 is 1. The molecule has 3 aromatic heterocycles. The number of hydrogen-bond acceptors (Lipinski definition) is 4. The van der Waals surface area contributed by atoms with Crippen LogP contribution in [0.5, 0.6) is 0 Å². The molecular weight excluding hydrogens is 358 g/mol. The van der Waals surface area contributed by atoms with Crippen molar-refractivity contribution in [3.05, 3.63) is 62.1 Å². The van der Waals surface area contributed by atoms with Crippen molar-refractivity contribution in [2.75, 3.05) is 13.7 Å². The largest absolute Gasteiger partial charge is 0.383 e. The number of fused-ring (bicyclic) bond motifs is 3. The first-order valence-corrected chi connectivity index (χ1v) is 9.12. The molecule has 4 aromatic rings. The second kappa shape index (κ2) is 6.49. The third kappa shape index (κ3) is 2.45. The van der Waals surface area contributed by atoms with E-state index in [9.17, 15) is 9.59 Å². The van der Waals surface area contributed by atoms with Gasteiger partial charge in [0.25, 0.3) is 5.56 Å². The van der Waals surface area contributed by atoms with Gasteiger partial charge < -0.3 is 4.74 Å². The highest BCUT2D eigenvalue weighted by Gasteiger charge is 2.21. The number of hydrogen-bond donors (Lipinski definition) is 0. The summed E-state index contributed by atoms with van der Waals surface area (Å²) in [4.78, 5) is 30.4. The van der Waals surface area contributed by atoms with Crippen molar-refractivity contribution >= 4 is 16.9 Å². The fourth-order valence-corrected chi connectivity index (χ4v) is 3.67. The van der Waals surface area contributed by atoms with Crippen LogP contribution in [0.25, 0.3) is 22.6 Å². The summed E-state index contributed by atoms with van der Waals surface area (Å²) in [5, 5.41) is 0. The van der Waals surface area contributed by atoms with Crippen LogP contribution in [-0.2, 0) is 18.3 Å². The quantitative estimate of drug-likeness (QED) is 0.539. The van der Waals surface area contributed by atoms with E-state index in [1.54, 1.807) is 18.6 Å². The average molecular weight is 381 g/mol. The molecule has 0 radical (unpaired) electrons. The lowest BCUT2D eigenvalue weighted by atomic mass is 10.1. The van der Waals surface area contributed by atoms with Gasteiger partial charge in [0.15, 0.2) is 11.2 Å². The third-order valence-corrected chi connectivity index (χ3v) is 5.36. The lowest BCUT2D eigenvalue weighted by Gasteiger charge is -2.11. The van der Waals surface area contributed by atoms with Crippen LogP contribution in [0.3, 0.4) is 0 Å². The van der Waals surface area contributed by atoms with E-state index in [1.807, 2.05) is 29.8 Å². The summed E-state index contributed by atoms with van der Waals surface area (Å²) in [5.74, 6) is 0.609. The molecule has 0 saturated heterocycles. The Morgan fingerprint density at radius 1 is 1.14 bits per heavy atom. The van der Waals surface area contributed by atoms with E-state index in [2.05, 4.69) is 24.9 Å². The van der Waals surface area contributed by atoms with Crippen LogP contribution in [-0.4, -0.2) is 36.8 Å². The van der Waals surface area contributed by atoms with Gasteiger partial charge in [-0.3, -0.25) is 22.9 Å². The predicted octanol–water partition coefficient (Wildman–Crippen LogP) is 1.71. The van der Waals surface area contributed by atoms with Gasteiger partial charge in [-0.1, -0.05) is 12.1 Å². The summed E-state index contributed by atoms with van der Waals surface area (Å²) < 4.78 is 11.5. The minimum absolute atomic E-state index is 0.196. The van der Waals surface area contributed by atoms with E-state index in [4.69, 9.17) is 4.74 Å². The van der Waals surface area contributed by atoms with Crippen LogP contribution < -0.4 is 11.2 Å². The third-order valence-electron chi connectivity index (χ3n) is 5.36. The highest BCUT2D eigenvalue weighted by Crippen LogP contribution is 2.24. The Kier molecular flexibility index (Phi) is 4.23. The van der Waals surface area contributed by atoms with Crippen molar-refractivity contribution in [3.63, 3.8) is 0 Å². The standard InChI is InChI=1S/C20H23N5O3/c1-12-7-6-8-15(14(12)3)25-13(2)11-24-16-17(21-19(24)25)22(4)20(27)23(18(16)26)9-10-28-5/h6-8,11H,9-10H2,1-5H3. The summed E-state index contributed by atoms with van der Waals surface area (Å²) >= 11 is 0. The fraction of sp³-hybridized carbons (Fsp3) is 0.350. The normalized spacial score (nSPS) is 11.8. The molecule has 0 amide bonds. The van der Waals surface area contributed by atoms with Gasteiger partial charge in [-0.05, 0) is 38.0 Å². The molecule has 1 aromatic carbocycles. The molecule has 3 heterocycles. The van der Waals surface area contributed by atoms with Crippen LogP contribution >= 0.6 is 0 Å². The van der Waals surface area contributed by atoms with Crippen molar-refractivity contribution < 1.29 is 4.74 Å². The molecule has 0 unspecified atom stereocenters. The minimum Gasteiger partial charge on any atom is -0.383 e. The second-order valence-corrected chi connectivity index (χ2v) is 7.07. The van der Waals surface area contributed by atoms with Gasteiger partial charge in [0.05, 0.1) is 18.8 Å². The SMILES string of the molecule is COCCn1c(=O)c2c(nc3n(-c4cccc(C)c4C)c(C)cn23)n(C)c1=O. The Hall–Kier alpha value is -3.13. The van der Waals surface area contributed by atoms with Crippen LogP contribution in [0.1, 0.15) is 16.8 Å². The van der Waals surface area contributed by atoms with E-state index in [0.29, 0.717) is 16.9 Å². The summed E-state index contributed by atoms with van der Waals surface area (Å²) in [7, 11) is 3.17. The molecule has 0 aliphatic rings. The summed E-state index contributed by atoms with van der Waals surface area (Å²) in [6.45, 7) is 6.59. The van der Waals surface area contributed by atoms with Crippen molar-refractivity contribution in [3.8, 4) is 5.69 Å². The highest BCUT2D eigenvalue weighted by molar-refractivity contribution is 5.76. The molecule has 8 nitrogen and oxygen atoms in total. The number of rotatable bonds is 4. The molecule has 28 heavy (non-hydrogen) atoms. The Morgan fingerprint density at radius 2 is 1.89 bits per heavy atom. The van der Waals surface area contributed by atoms with Gasteiger partial charge in [0.1, 0.15) is 0 Å². The Morgan fingerprint density at radius 3 is 2.61 bits per heavy atom. The van der Waals surface area contributed by atoms with E-state index in [1.165, 1.54) is 14.7 Å². The monoisotopic (exact) mass is 381 g/mol. The molecule has 0 N–H and O–H groups in total. The second-order valence-electron chi connectivity index (χ2n) is 7.07. The summed E-state index contributed by atoms with van der Waals surface area (Å²) in [6.07, 6.45) is 1.89. The molecule has 0 bridgehead atoms. The molecule has 0 atom stereocenters. The number of ether oxygens (including phenoxy) is 1. The molecule has 0 saturated carbocycles. The van der Waals surface area contributed by atoms with E-state index < -0.39 is 5.69 Å². The van der Waals surface area contributed by atoms with Crippen LogP contribution in [0.15, 0.2) is 34.0 Å². The number of imidazole rings is 2. The number of aryl methyl sites for hydroxylation is 3. The molecule has 0 aliphatic heterocycles. The van der Waals surface area contributed by atoms with Crippen LogP contribution in [0, 0.1) is 20.8 Å². The summed E-state index contributed by atoms with van der Waals surface area (Å²) in [5.41, 5.74) is 4.28. The van der Waals surface area contributed by atoms with Gasteiger partial charge in [0.2, 0.25) is 5.78 Å². The maximum atomic E-state index is 13.1. The maximum Gasteiger partial charge on any atom is 0.332 e. The smallest absolute Gasteiger partial charge is 0.332 e. The minimum atomic E-state index is -0.398. The van der Waals surface area contributed by atoms with Crippen molar-refractivity contribution in [2.45, 2.75) is 27.3 Å². The first-order chi connectivity index (χ1) is 13.4. The van der Waals surface area contributed by atoms with Crippen LogP contribution in [0.4, 0.5) is 0 Å².